The lowest BCUT2D eigenvalue weighted by atomic mass is 10.00. The molecule has 0 radical (unpaired) electrons. The van der Waals surface area contributed by atoms with Crippen LogP contribution in [0, 0.1) is 11.8 Å². The average Bonchev–Trinajstić information content (AvgIpc) is 2.34. The fourth-order valence-corrected chi connectivity index (χ4v) is 3.10. The van der Waals surface area contributed by atoms with E-state index in [-0.39, 0.29) is 0 Å². The van der Waals surface area contributed by atoms with Gasteiger partial charge < -0.3 is 5.32 Å². The zero-order chi connectivity index (χ0) is 12.7. The minimum atomic E-state index is 0.575. The highest BCUT2D eigenvalue weighted by atomic mass is 32.2. The van der Waals surface area contributed by atoms with Crippen LogP contribution in [-0.2, 0) is 0 Å². The van der Waals surface area contributed by atoms with Gasteiger partial charge in [-0.3, -0.25) is 4.99 Å². The van der Waals surface area contributed by atoms with E-state index < -0.39 is 0 Å². The maximum Gasteiger partial charge on any atom is 0.156 e. The van der Waals surface area contributed by atoms with Gasteiger partial charge in [0.25, 0.3) is 0 Å². The van der Waals surface area contributed by atoms with Crippen molar-refractivity contribution in [3.63, 3.8) is 0 Å². The molecule has 1 aliphatic rings. The number of nitrogens with zero attached hydrogens (tertiary/aromatic N) is 1. The fourth-order valence-electron chi connectivity index (χ4n) is 1.95. The molecule has 17 heavy (non-hydrogen) atoms. The molecule has 0 aromatic heterocycles. The van der Waals surface area contributed by atoms with Crippen LogP contribution in [0.3, 0.4) is 0 Å². The van der Waals surface area contributed by atoms with Gasteiger partial charge >= 0.3 is 0 Å². The Morgan fingerprint density at radius 2 is 2.18 bits per heavy atom. The summed E-state index contributed by atoms with van der Waals surface area (Å²) in [5.41, 5.74) is 0. The van der Waals surface area contributed by atoms with E-state index in [2.05, 4.69) is 33.0 Å². The molecular formula is C14H28N2S. The van der Waals surface area contributed by atoms with E-state index in [0.717, 1.165) is 18.4 Å². The molecule has 1 fully saturated rings. The van der Waals surface area contributed by atoms with Crippen LogP contribution in [0.4, 0.5) is 0 Å². The predicted molar refractivity (Wildman–Crippen MR) is 79.8 cm³/mol. The smallest absolute Gasteiger partial charge is 0.156 e. The van der Waals surface area contributed by atoms with Gasteiger partial charge in [-0.1, -0.05) is 51.8 Å². The maximum atomic E-state index is 4.76. The van der Waals surface area contributed by atoms with Crippen molar-refractivity contribution in [3.05, 3.63) is 0 Å². The molecule has 1 N–H and O–H groups in total. The molecular weight excluding hydrogens is 228 g/mol. The molecule has 0 aromatic rings. The second-order valence-electron chi connectivity index (χ2n) is 5.28. The van der Waals surface area contributed by atoms with E-state index in [0.29, 0.717) is 6.04 Å². The number of aliphatic imine (C=N–C) groups is 1. The van der Waals surface area contributed by atoms with Gasteiger partial charge in [-0.05, 0) is 25.2 Å². The van der Waals surface area contributed by atoms with Crippen LogP contribution in [0.25, 0.3) is 0 Å². The quantitative estimate of drug-likeness (QED) is 0.779. The molecule has 1 heterocycles. The van der Waals surface area contributed by atoms with Gasteiger partial charge in [0.1, 0.15) is 0 Å². The number of rotatable bonds is 6. The third-order valence-electron chi connectivity index (χ3n) is 3.72. The Kier molecular flexibility index (Phi) is 7.02. The van der Waals surface area contributed by atoms with Crippen LogP contribution in [0.15, 0.2) is 4.99 Å². The molecule has 100 valence electrons. The lowest BCUT2D eigenvalue weighted by molar-refractivity contribution is 0.458. The molecule has 0 amide bonds. The highest BCUT2D eigenvalue weighted by molar-refractivity contribution is 8.13. The summed E-state index contributed by atoms with van der Waals surface area (Å²) in [5, 5.41) is 4.69. The molecule has 3 heteroatoms. The fraction of sp³-hybridized carbons (Fsp3) is 0.929. The van der Waals surface area contributed by atoms with E-state index in [1.54, 1.807) is 0 Å². The Bertz CT molecular complexity index is 240. The van der Waals surface area contributed by atoms with E-state index >= 15 is 0 Å². The average molecular weight is 256 g/mol. The summed E-state index contributed by atoms with van der Waals surface area (Å²) in [6.07, 6.45) is 5.24. The van der Waals surface area contributed by atoms with Crippen molar-refractivity contribution in [1.82, 2.24) is 5.32 Å². The van der Waals surface area contributed by atoms with Gasteiger partial charge in [0, 0.05) is 18.3 Å². The summed E-state index contributed by atoms with van der Waals surface area (Å²) in [6, 6.07) is 0.575. The molecule has 2 nitrogen and oxygen atoms in total. The standard InChI is InChI=1S/C14H28N2S/c1-5-7-8-13(6-2)9-15-14-16-12(4)11(3)10-17-14/h11-13H,5-10H2,1-4H3,(H,15,16). The lowest BCUT2D eigenvalue weighted by Gasteiger charge is -2.28. The zero-order valence-electron chi connectivity index (χ0n) is 11.8. The monoisotopic (exact) mass is 256 g/mol. The number of amidine groups is 1. The predicted octanol–water partition coefficient (Wildman–Crippen LogP) is 3.92. The number of hydrogen-bond donors (Lipinski definition) is 1. The van der Waals surface area contributed by atoms with Gasteiger partial charge in [-0.25, -0.2) is 0 Å². The number of hydrogen-bond acceptors (Lipinski definition) is 2. The van der Waals surface area contributed by atoms with Crippen molar-refractivity contribution in [2.24, 2.45) is 16.8 Å². The molecule has 0 aliphatic carbocycles. The molecule has 0 aromatic carbocycles. The molecule has 1 rings (SSSR count). The van der Waals surface area contributed by atoms with Gasteiger partial charge in [0.2, 0.25) is 0 Å². The van der Waals surface area contributed by atoms with E-state index in [1.807, 2.05) is 11.8 Å². The summed E-state index contributed by atoms with van der Waals surface area (Å²) in [6.45, 7) is 10.1. The van der Waals surface area contributed by atoms with Gasteiger partial charge in [0.15, 0.2) is 5.17 Å². The van der Waals surface area contributed by atoms with Gasteiger partial charge in [-0.2, -0.15) is 0 Å². The van der Waals surface area contributed by atoms with Crippen molar-refractivity contribution < 1.29 is 0 Å². The van der Waals surface area contributed by atoms with Crippen LogP contribution >= 0.6 is 11.8 Å². The molecule has 1 aliphatic heterocycles. The van der Waals surface area contributed by atoms with Crippen molar-refractivity contribution in [3.8, 4) is 0 Å². The Balaban J connectivity index is 2.36. The Labute approximate surface area is 111 Å². The van der Waals surface area contributed by atoms with Crippen molar-refractivity contribution in [2.75, 3.05) is 12.3 Å². The first kappa shape index (κ1) is 14.9. The normalized spacial score (nSPS) is 29.1. The van der Waals surface area contributed by atoms with Crippen LogP contribution in [0.1, 0.15) is 53.4 Å². The second-order valence-corrected chi connectivity index (χ2v) is 6.29. The number of unbranched alkanes of at least 4 members (excludes halogenated alkanes) is 1. The minimum absolute atomic E-state index is 0.575. The first-order valence-electron chi connectivity index (χ1n) is 7.11. The summed E-state index contributed by atoms with van der Waals surface area (Å²) >= 11 is 1.89. The van der Waals surface area contributed by atoms with Crippen molar-refractivity contribution in [2.45, 2.75) is 59.4 Å². The number of thioether (sulfide) groups is 1. The summed E-state index contributed by atoms with van der Waals surface area (Å²) in [4.78, 5) is 4.76. The van der Waals surface area contributed by atoms with E-state index in [4.69, 9.17) is 4.99 Å². The summed E-state index contributed by atoms with van der Waals surface area (Å²) in [7, 11) is 0. The first-order valence-corrected chi connectivity index (χ1v) is 8.09. The topological polar surface area (TPSA) is 24.4 Å². The summed E-state index contributed by atoms with van der Waals surface area (Å²) in [5.74, 6) is 2.74. The maximum absolute atomic E-state index is 4.76. The highest BCUT2D eigenvalue weighted by Gasteiger charge is 2.20. The largest absolute Gasteiger partial charge is 0.362 e. The van der Waals surface area contributed by atoms with Crippen LogP contribution in [0.2, 0.25) is 0 Å². The van der Waals surface area contributed by atoms with Crippen LogP contribution in [0.5, 0.6) is 0 Å². The van der Waals surface area contributed by atoms with Crippen molar-refractivity contribution in [1.29, 1.82) is 0 Å². The first-order chi connectivity index (χ1) is 8.17. The van der Waals surface area contributed by atoms with Gasteiger partial charge in [-0.15, -0.1) is 0 Å². The van der Waals surface area contributed by atoms with Gasteiger partial charge in [0.05, 0.1) is 0 Å². The second kappa shape index (κ2) is 8.02. The SMILES string of the molecule is CCCCC(CC)CN=C1NC(C)C(C)CS1. The third kappa shape index (κ3) is 5.33. The highest BCUT2D eigenvalue weighted by Crippen LogP contribution is 2.20. The Hall–Kier alpha value is -0.180. The van der Waals surface area contributed by atoms with Crippen LogP contribution < -0.4 is 5.32 Å². The molecule has 1 saturated heterocycles. The molecule has 0 spiro atoms. The van der Waals surface area contributed by atoms with Crippen LogP contribution in [-0.4, -0.2) is 23.5 Å². The molecule has 3 unspecified atom stereocenters. The zero-order valence-corrected chi connectivity index (χ0v) is 12.6. The third-order valence-corrected chi connectivity index (χ3v) is 4.94. The Morgan fingerprint density at radius 3 is 2.76 bits per heavy atom. The minimum Gasteiger partial charge on any atom is -0.362 e. The Morgan fingerprint density at radius 1 is 1.41 bits per heavy atom. The van der Waals surface area contributed by atoms with Crippen molar-refractivity contribution >= 4 is 16.9 Å². The van der Waals surface area contributed by atoms with E-state index in [9.17, 15) is 0 Å². The summed E-state index contributed by atoms with van der Waals surface area (Å²) < 4.78 is 0. The number of nitrogens with one attached hydrogen (secondary N) is 1. The molecule has 3 atom stereocenters. The lowest BCUT2D eigenvalue weighted by Crippen LogP contribution is -2.41. The van der Waals surface area contributed by atoms with E-state index in [1.165, 1.54) is 36.6 Å². The molecule has 0 saturated carbocycles. The molecule has 0 bridgehead atoms.